The summed E-state index contributed by atoms with van der Waals surface area (Å²) in [5.41, 5.74) is 1.45. The zero-order valence-electron chi connectivity index (χ0n) is 10.5. The van der Waals surface area contributed by atoms with Gasteiger partial charge in [-0.25, -0.2) is 0 Å². The molecule has 86 valence electrons. The monoisotopic (exact) mass is 238 g/mol. The first kappa shape index (κ1) is 12.1. The van der Waals surface area contributed by atoms with Gasteiger partial charge < -0.3 is 0 Å². The molecular formula is C16H18Si. The Morgan fingerprint density at radius 1 is 0.882 bits per heavy atom. The Balaban J connectivity index is 2.27. The fourth-order valence-electron chi connectivity index (χ4n) is 2.01. The molecule has 0 fully saturated rings. The predicted molar refractivity (Wildman–Crippen MR) is 75.9 cm³/mol. The number of rotatable bonds is 4. The molecule has 2 rings (SSSR count). The van der Waals surface area contributed by atoms with E-state index >= 15 is 0 Å². The van der Waals surface area contributed by atoms with E-state index in [1.165, 1.54) is 17.2 Å². The van der Waals surface area contributed by atoms with Gasteiger partial charge in [0, 0.05) is 0 Å². The summed E-state index contributed by atoms with van der Waals surface area (Å²) in [6.07, 6.45) is 1.17. The van der Waals surface area contributed by atoms with Crippen LogP contribution in [-0.4, -0.2) is 9.52 Å². The van der Waals surface area contributed by atoms with Crippen molar-refractivity contribution in [3.8, 4) is 0 Å². The SMILES string of the molecule is CC[C@@](C)([Si]c1ccccc1)c1ccccc1. The zero-order chi connectivity index (χ0) is 12.1. The highest BCUT2D eigenvalue weighted by molar-refractivity contribution is 6.56. The number of benzene rings is 2. The average molecular weight is 238 g/mol. The third-order valence-electron chi connectivity index (χ3n) is 3.31. The van der Waals surface area contributed by atoms with Crippen LogP contribution in [0, 0.1) is 0 Å². The lowest BCUT2D eigenvalue weighted by Gasteiger charge is -2.28. The molecule has 0 bridgehead atoms. The van der Waals surface area contributed by atoms with Crippen LogP contribution in [0.25, 0.3) is 0 Å². The molecule has 0 aliphatic heterocycles. The molecule has 2 aromatic rings. The molecule has 0 unspecified atom stereocenters. The standard InChI is InChI=1S/C16H18Si/c1-3-16(2,14-10-6-4-7-11-14)17-15-12-8-5-9-13-15/h4-13H,3H2,1-2H3/t16-/m1/s1. The Morgan fingerprint density at radius 2 is 1.41 bits per heavy atom. The van der Waals surface area contributed by atoms with Crippen molar-refractivity contribution in [1.82, 2.24) is 0 Å². The molecule has 0 amide bonds. The molecule has 17 heavy (non-hydrogen) atoms. The summed E-state index contributed by atoms with van der Waals surface area (Å²) >= 11 is 0. The molecule has 0 saturated heterocycles. The van der Waals surface area contributed by atoms with E-state index < -0.39 is 0 Å². The third-order valence-corrected chi connectivity index (χ3v) is 5.13. The van der Waals surface area contributed by atoms with E-state index in [-0.39, 0.29) is 5.04 Å². The highest BCUT2D eigenvalue weighted by Gasteiger charge is 2.25. The second-order valence-electron chi connectivity index (χ2n) is 4.54. The molecule has 0 heterocycles. The van der Waals surface area contributed by atoms with Gasteiger partial charge in [-0.2, -0.15) is 0 Å². The van der Waals surface area contributed by atoms with Crippen LogP contribution in [0.3, 0.4) is 0 Å². The first-order valence-corrected chi connectivity index (χ1v) is 7.13. The van der Waals surface area contributed by atoms with Crippen molar-refractivity contribution in [1.29, 1.82) is 0 Å². The Bertz CT molecular complexity index is 449. The van der Waals surface area contributed by atoms with Crippen molar-refractivity contribution < 1.29 is 0 Å². The van der Waals surface area contributed by atoms with Gasteiger partial charge in [-0.05, 0) is 17.0 Å². The maximum absolute atomic E-state index is 2.37. The van der Waals surface area contributed by atoms with Crippen LogP contribution in [0.4, 0.5) is 0 Å². The first-order chi connectivity index (χ1) is 8.24. The van der Waals surface area contributed by atoms with Gasteiger partial charge in [-0.15, -0.1) is 0 Å². The van der Waals surface area contributed by atoms with Gasteiger partial charge in [0.25, 0.3) is 0 Å². The smallest absolute Gasteiger partial charge is 0.0648 e. The Labute approximate surface area is 107 Å². The zero-order valence-corrected chi connectivity index (χ0v) is 11.5. The third kappa shape index (κ3) is 2.86. The average Bonchev–Trinajstić information content (AvgIpc) is 2.41. The maximum Gasteiger partial charge on any atom is 0.0927 e. The van der Waals surface area contributed by atoms with Crippen LogP contribution in [0.5, 0.6) is 0 Å². The van der Waals surface area contributed by atoms with Crippen molar-refractivity contribution in [3.05, 3.63) is 66.2 Å². The van der Waals surface area contributed by atoms with Crippen molar-refractivity contribution in [2.45, 2.75) is 25.3 Å². The van der Waals surface area contributed by atoms with Gasteiger partial charge in [-0.1, -0.05) is 79.7 Å². The van der Waals surface area contributed by atoms with Gasteiger partial charge in [0.1, 0.15) is 0 Å². The summed E-state index contributed by atoms with van der Waals surface area (Å²) in [4.78, 5) is 0. The van der Waals surface area contributed by atoms with Gasteiger partial charge in [0.05, 0.1) is 9.52 Å². The van der Waals surface area contributed by atoms with E-state index in [4.69, 9.17) is 0 Å². The second kappa shape index (κ2) is 5.33. The minimum atomic E-state index is 0.266. The van der Waals surface area contributed by atoms with Gasteiger partial charge >= 0.3 is 0 Å². The molecule has 0 nitrogen and oxygen atoms in total. The van der Waals surface area contributed by atoms with E-state index in [1.54, 1.807) is 0 Å². The molecule has 1 heteroatoms. The summed E-state index contributed by atoms with van der Waals surface area (Å²) in [5, 5.41) is 1.71. The minimum absolute atomic E-state index is 0.266. The Kier molecular flexibility index (Phi) is 3.80. The van der Waals surface area contributed by atoms with E-state index in [9.17, 15) is 0 Å². The maximum atomic E-state index is 2.37. The van der Waals surface area contributed by atoms with Crippen molar-refractivity contribution in [2.75, 3.05) is 0 Å². The molecule has 0 spiro atoms. The van der Waals surface area contributed by atoms with Gasteiger partial charge in [0.2, 0.25) is 0 Å². The minimum Gasteiger partial charge on any atom is -0.0648 e. The lowest BCUT2D eigenvalue weighted by atomic mass is 9.97. The molecule has 2 aromatic carbocycles. The van der Waals surface area contributed by atoms with Crippen LogP contribution >= 0.6 is 0 Å². The van der Waals surface area contributed by atoms with E-state index in [2.05, 4.69) is 74.5 Å². The van der Waals surface area contributed by atoms with E-state index in [0.29, 0.717) is 0 Å². The van der Waals surface area contributed by atoms with Gasteiger partial charge in [-0.3, -0.25) is 0 Å². The topological polar surface area (TPSA) is 0 Å². The first-order valence-electron chi connectivity index (χ1n) is 6.13. The molecular weight excluding hydrogens is 220 g/mol. The normalized spacial score (nSPS) is 14.2. The van der Waals surface area contributed by atoms with Crippen molar-refractivity contribution in [2.24, 2.45) is 0 Å². The van der Waals surface area contributed by atoms with Crippen LogP contribution in [0.2, 0.25) is 0 Å². The predicted octanol–water partition coefficient (Wildman–Crippen LogP) is 3.34. The van der Waals surface area contributed by atoms with Crippen LogP contribution in [-0.2, 0) is 5.04 Å². The summed E-state index contributed by atoms with van der Waals surface area (Å²) < 4.78 is 0. The van der Waals surface area contributed by atoms with Crippen molar-refractivity contribution in [3.63, 3.8) is 0 Å². The van der Waals surface area contributed by atoms with Gasteiger partial charge in [0.15, 0.2) is 0 Å². The van der Waals surface area contributed by atoms with Crippen LogP contribution in [0.15, 0.2) is 60.7 Å². The lowest BCUT2D eigenvalue weighted by molar-refractivity contribution is 0.643. The number of hydrogen-bond donors (Lipinski definition) is 0. The van der Waals surface area contributed by atoms with Crippen LogP contribution < -0.4 is 5.19 Å². The highest BCUT2D eigenvalue weighted by Crippen LogP contribution is 2.25. The highest BCUT2D eigenvalue weighted by atomic mass is 28.2. The molecule has 1 atom stereocenters. The second-order valence-corrected chi connectivity index (χ2v) is 6.47. The van der Waals surface area contributed by atoms with Crippen molar-refractivity contribution >= 4 is 14.7 Å². The fraction of sp³-hybridized carbons (Fsp3) is 0.250. The molecule has 0 N–H and O–H groups in total. The fourth-order valence-corrected chi connectivity index (χ4v) is 3.49. The molecule has 2 radical (unpaired) electrons. The largest absolute Gasteiger partial charge is 0.0927 e. The number of hydrogen-bond acceptors (Lipinski definition) is 0. The summed E-state index contributed by atoms with van der Waals surface area (Å²) in [7, 11) is 0.826. The molecule has 0 aliphatic carbocycles. The van der Waals surface area contributed by atoms with Crippen LogP contribution in [0.1, 0.15) is 25.8 Å². The Morgan fingerprint density at radius 3 is 1.94 bits per heavy atom. The summed E-state index contributed by atoms with van der Waals surface area (Å²) in [6, 6.07) is 21.7. The molecule has 0 saturated carbocycles. The van der Waals surface area contributed by atoms with E-state index in [0.717, 1.165) is 9.52 Å². The molecule has 0 aromatic heterocycles. The Hall–Kier alpha value is -1.34. The molecule has 0 aliphatic rings. The lowest BCUT2D eigenvalue weighted by Crippen LogP contribution is -2.36. The quantitative estimate of drug-likeness (QED) is 0.717. The summed E-state index contributed by atoms with van der Waals surface area (Å²) in [6.45, 7) is 4.65. The van der Waals surface area contributed by atoms with E-state index in [1.807, 2.05) is 0 Å². The summed E-state index contributed by atoms with van der Waals surface area (Å²) in [5.74, 6) is 0.